The monoisotopic (exact) mass is 434 g/mol. The molecule has 2 amide bonds. The van der Waals surface area contributed by atoms with Crippen LogP contribution in [0.25, 0.3) is 11.0 Å². The zero-order chi connectivity index (χ0) is 22.6. The maximum atomic E-state index is 13.1. The molecule has 0 saturated carbocycles. The summed E-state index contributed by atoms with van der Waals surface area (Å²) in [5.74, 6) is -0.611. The largest absolute Gasteiger partial charge is 0.365 e. The predicted molar refractivity (Wildman–Crippen MR) is 117 cm³/mol. The van der Waals surface area contributed by atoms with Crippen molar-refractivity contribution in [1.29, 1.82) is 0 Å². The molecule has 1 aliphatic heterocycles. The van der Waals surface area contributed by atoms with Crippen molar-refractivity contribution in [1.82, 2.24) is 24.6 Å². The van der Waals surface area contributed by atoms with E-state index in [2.05, 4.69) is 15.1 Å². The highest BCUT2D eigenvalue weighted by atomic mass is 16.2. The zero-order valence-corrected chi connectivity index (χ0v) is 18.2. The highest BCUT2D eigenvalue weighted by Crippen LogP contribution is 2.44. The van der Waals surface area contributed by atoms with E-state index >= 15 is 0 Å². The number of amides is 2. The number of fused-ring (bicyclic) bond motifs is 2. The lowest BCUT2D eigenvalue weighted by molar-refractivity contribution is 0.0513. The lowest BCUT2D eigenvalue weighted by atomic mass is 9.67. The normalized spacial score (nSPS) is 17.8. The first-order chi connectivity index (χ1) is 15.3. The number of ketones is 1. The van der Waals surface area contributed by atoms with Gasteiger partial charge < -0.3 is 15.6 Å². The van der Waals surface area contributed by atoms with Crippen molar-refractivity contribution in [2.75, 3.05) is 13.1 Å². The summed E-state index contributed by atoms with van der Waals surface area (Å²) >= 11 is 0. The van der Waals surface area contributed by atoms with Gasteiger partial charge in [-0.1, -0.05) is 0 Å². The predicted octanol–water partition coefficient (Wildman–Crippen LogP) is 2.49. The zero-order valence-electron chi connectivity index (χ0n) is 18.2. The topological polar surface area (TPSA) is 127 Å². The number of H-pyrrole nitrogens is 1. The second-order valence-corrected chi connectivity index (χ2v) is 9.28. The second-order valence-electron chi connectivity index (χ2n) is 9.28. The van der Waals surface area contributed by atoms with Crippen molar-refractivity contribution in [3.8, 4) is 0 Å². The molecular formula is C23H26N6O3. The Hall–Kier alpha value is -3.49. The average molecular weight is 435 g/mol. The molecule has 3 aromatic heterocycles. The van der Waals surface area contributed by atoms with Gasteiger partial charge in [0.15, 0.2) is 5.78 Å². The van der Waals surface area contributed by atoms with Crippen LogP contribution in [0.1, 0.15) is 76.1 Å². The van der Waals surface area contributed by atoms with Crippen LogP contribution in [0.3, 0.4) is 0 Å². The summed E-state index contributed by atoms with van der Waals surface area (Å²) in [6.07, 6.45) is 6.17. The Bertz CT molecular complexity index is 1250. The average Bonchev–Trinajstić information content (AvgIpc) is 3.37. The van der Waals surface area contributed by atoms with Crippen molar-refractivity contribution in [2.24, 2.45) is 11.1 Å². The number of Topliss-reactive ketones (excluding diaryl/α,β-unsaturated/α-hetero) is 1. The molecule has 166 valence electrons. The molecule has 9 nitrogen and oxygen atoms in total. The minimum Gasteiger partial charge on any atom is -0.365 e. The molecule has 0 radical (unpaired) electrons. The van der Waals surface area contributed by atoms with Crippen LogP contribution in [0, 0.1) is 5.41 Å². The number of carbonyl (C=O) groups excluding carboxylic acids is 3. The molecule has 1 fully saturated rings. The van der Waals surface area contributed by atoms with Gasteiger partial charge in [-0.05, 0) is 50.7 Å². The summed E-state index contributed by atoms with van der Waals surface area (Å²) < 4.78 is 1.83. The van der Waals surface area contributed by atoms with E-state index in [1.54, 1.807) is 17.0 Å². The van der Waals surface area contributed by atoms with E-state index in [4.69, 9.17) is 5.73 Å². The molecule has 1 saturated heterocycles. The minimum atomic E-state index is -0.588. The van der Waals surface area contributed by atoms with Crippen molar-refractivity contribution in [3.63, 3.8) is 0 Å². The Morgan fingerprint density at radius 3 is 2.62 bits per heavy atom. The first kappa shape index (κ1) is 20.4. The molecule has 1 aliphatic carbocycles. The van der Waals surface area contributed by atoms with Gasteiger partial charge in [-0.3, -0.25) is 19.1 Å². The molecule has 3 N–H and O–H groups in total. The molecule has 3 aromatic rings. The first-order valence-electron chi connectivity index (χ1n) is 10.9. The highest BCUT2D eigenvalue weighted by Gasteiger charge is 2.43. The van der Waals surface area contributed by atoms with Gasteiger partial charge in [0.2, 0.25) is 0 Å². The number of carbonyl (C=O) groups is 3. The van der Waals surface area contributed by atoms with E-state index < -0.39 is 5.91 Å². The molecule has 1 spiro atoms. The smallest absolute Gasteiger partial charge is 0.272 e. The Kier molecular flexibility index (Phi) is 4.65. The number of likely N-dealkylation sites (tertiary alicyclic amines) is 1. The Morgan fingerprint density at radius 1 is 1.19 bits per heavy atom. The number of hydrogen-bond acceptors (Lipinski definition) is 5. The molecule has 5 rings (SSSR count). The third-order valence-electron chi connectivity index (χ3n) is 6.84. The maximum absolute atomic E-state index is 13.1. The SMILES string of the molecule is CC(C)n1ncc2c1C(=O)CC1(CCN(C(=O)c3ccc4[nH]cc(C(N)=O)c4n3)CC1)C2. The molecule has 0 bridgehead atoms. The fourth-order valence-electron chi connectivity index (χ4n) is 5.12. The van der Waals surface area contributed by atoms with Crippen LogP contribution in [0.5, 0.6) is 0 Å². The van der Waals surface area contributed by atoms with Gasteiger partial charge in [0.25, 0.3) is 11.8 Å². The van der Waals surface area contributed by atoms with Gasteiger partial charge in [0, 0.05) is 37.3 Å². The summed E-state index contributed by atoms with van der Waals surface area (Å²) in [6, 6.07) is 3.55. The van der Waals surface area contributed by atoms with Crippen LogP contribution in [0.2, 0.25) is 0 Å². The van der Waals surface area contributed by atoms with Crippen molar-refractivity contribution < 1.29 is 14.4 Å². The number of piperidine rings is 1. The van der Waals surface area contributed by atoms with Gasteiger partial charge in [-0.2, -0.15) is 5.10 Å². The van der Waals surface area contributed by atoms with Crippen molar-refractivity contribution in [2.45, 2.75) is 45.6 Å². The van der Waals surface area contributed by atoms with Crippen molar-refractivity contribution >= 4 is 28.6 Å². The molecule has 32 heavy (non-hydrogen) atoms. The lowest BCUT2D eigenvalue weighted by Gasteiger charge is -2.43. The van der Waals surface area contributed by atoms with E-state index in [0.717, 1.165) is 30.5 Å². The quantitative estimate of drug-likeness (QED) is 0.655. The molecule has 2 aliphatic rings. The number of nitrogens with two attached hydrogens (primary N) is 1. The summed E-state index contributed by atoms with van der Waals surface area (Å²) in [5, 5.41) is 4.44. The van der Waals surface area contributed by atoms with Crippen LogP contribution in [0.15, 0.2) is 24.5 Å². The van der Waals surface area contributed by atoms with Gasteiger partial charge >= 0.3 is 0 Å². The van der Waals surface area contributed by atoms with Crippen molar-refractivity contribution in [3.05, 3.63) is 47.0 Å². The van der Waals surface area contributed by atoms with Gasteiger partial charge in [-0.15, -0.1) is 0 Å². The number of nitrogens with zero attached hydrogens (tertiary/aromatic N) is 4. The molecule has 0 atom stereocenters. The van der Waals surface area contributed by atoms with E-state index in [1.807, 2.05) is 24.7 Å². The molecule has 9 heteroatoms. The van der Waals surface area contributed by atoms with Crippen LogP contribution >= 0.6 is 0 Å². The number of pyridine rings is 1. The molecule has 0 aromatic carbocycles. The number of rotatable bonds is 3. The number of aromatic nitrogens is 4. The number of nitrogens with one attached hydrogen (secondary N) is 1. The number of hydrogen-bond donors (Lipinski definition) is 2. The molecule has 0 unspecified atom stereocenters. The third-order valence-corrected chi connectivity index (χ3v) is 6.84. The lowest BCUT2D eigenvalue weighted by Crippen LogP contribution is -2.46. The standard InChI is InChI=1S/C23H26N6O3/c1-13(2)29-20-14(11-26-29)9-23(10-18(20)30)5-7-28(8-6-23)22(32)17-4-3-16-19(27-17)15(12-25-16)21(24)31/h3-4,11-13,25H,5-10H2,1-2H3,(H2,24,31). The number of aromatic amines is 1. The molecular weight excluding hydrogens is 408 g/mol. The Labute approximate surface area is 185 Å². The van der Waals surface area contributed by atoms with Crippen LogP contribution in [0.4, 0.5) is 0 Å². The summed E-state index contributed by atoms with van der Waals surface area (Å²) in [7, 11) is 0. The fraction of sp³-hybridized carbons (Fsp3) is 0.435. The Morgan fingerprint density at radius 2 is 1.94 bits per heavy atom. The van der Waals surface area contributed by atoms with Crippen LogP contribution < -0.4 is 5.73 Å². The fourth-order valence-corrected chi connectivity index (χ4v) is 5.12. The van der Waals surface area contributed by atoms with Gasteiger partial charge in [0.05, 0.1) is 17.3 Å². The van der Waals surface area contributed by atoms with Crippen LogP contribution in [-0.2, 0) is 6.42 Å². The first-order valence-corrected chi connectivity index (χ1v) is 10.9. The Balaban J connectivity index is 1.33. The maximum Gasteiger partial charge on any atom is 0.272 e. The second kappa shape index (κ2) is 7.29. The molecule has 4 heterocycles. The summed E-state index contributed by atoms with van der Waals surface area (Å²) in [5.41, 5.74) is 8.68. The van der Waals surface area contributed by atoms with E-state index in [9.17, 15) is 14.4 Å². The van der Waals surface area contributed by atoms with E-state index in [-0.39, 0.29) is 34.4 Å². The summed E-state index contributed by atoms with van der Waals surface area (Å²) in [6.45, 7) is 5.19. The number of primary amides is 1. The third kappa shape index (κ3) is 3.19. The van der Waals surface area contributed by atoms with Crippen LogP contribution in [-0.4, -0.2) is 55.3 Å². The van der Waals surface area contributed by atoms with E-state index in [0.29, 0.717) is 30.5 Å². The minimum absolute atomic E-state index is 0.122. The van der Waals surface area contributed by atoms with Gasteiger partial charge in [0.1, 0.15) is 16.9 Å². The highest BCUT2D eigenvalue weighted by molar-refractivity contribution is 6.05. The summed E-state index contributed by atoms with van der Waals surface area (Å²) in [4.78, 5) is 46.8. The van der Waals surface area contributed by atoms with E-state index in [1.165, 1.54) is 6.20 Å². The van der Waals surface area contributed by atoms with Gasteiger partial charge in [-0.25, -0.2) is 4.98 Å².